The van der Waals surface area contributed by atoms with Gasteiger partial charge in [0.05, 0.1) is 29.8 Å². The first-order valence-electron chi connectivity index (χ1n) is 5.05. The average Bonchev–Trinajstić information content (AvgIpc) is 2.74. The van der Waals surface area contributed by atoms with Gasteiger partial charge in [-0.2, -0.15) is 5.26 Å². The fraction of sp³-hybridized carbons (Fsp3) is 0.167. The molecule has 2 rings (SSSR count). The molecule has 2 N–H and O–H groups in total. The fourth-order valence-electron chi connectivity index (χ4n) is 1.65. The minimum Gasteiger partial charge on any atom is -0.336 e. The maximum Gasteiger partial charge on any atom is 0.141 e. The minimum absolute atomic E-state index is 0.0194. The summed E-state index contributed by atoms with van der Waals surface area (Å²) in [5.41, 5.74) is 7.43. The van der Waals surface area contributed by atoms with E-state index in [1.165, 1.54) is 12.1 Å². The van der Waals surface area contributed by atoms with Gasteiger partial charge in [-0.1, -0.05) is 6.07 Å². The second-order valence-electron chi connectivity index (χ2n) is 3.76. The van der Waals surface area contributed by atoms with Crippen LogP contribution in [0.5, 0.6) is 0 Å². The third-order valence-electron chi connectivity index (χ3n) is 2.65. The van der Waals surface area contributed by atoms with Gasteiger partial charge in [-0.25, -0.2) is 9.37 Å². The van der Waals surface area contributed by atoms with Crippen LogP contribution in [0.15, 0.2) is 30.7 Å². The summed E-state index contributed by atoms with van der Waals surface area (Å²) in [7, 11) is 1.82. The van der Waals surface area contributed by atoms with E-state index in [1.54, 1.807) is 29.2 Å². The molecule has 1 heterocycles. The number of rotatable bonds is 2. The van der Waals surface area contributed by atoms with Gasteiger partial charge in [-0.15, -0.1) is 0 Å². The normalized spacial score (nSPS) is 12.1. The zero-order valence-electron chi connectivity index (χ0n) is 9.26. The quantitative estimate of drug-likeness (QED) is 0.849. The number of nitrogens with two attached hydrogens (primary N) is 1. The van der Waals surface area contributed by atoms with Crippen molar-refractivity contribution >= 4 is 0 Å². The summed E-state index contributed by atoms with van der Waals surface area (Å²) in [6.45, 7) is 0. The van der Waals surface area contributed by atoms with Crippen molar-refractivity contribution in [2.75, 3.05) is 0 Å². The summed E-state index contributed by atoms with van der Waals surface area (Å²) in [5.74, 6) is -0.553. The average molecular weight is 230 g/mol. The van der Waals surface area contributed by atoms with E-state index in [0.717, 1.165) is 5.69 Å². The molecule has 0 saturated heterocycles. The molecule has 0 aliphatic carbocycles. The van der Waals surface area contributed by atoms with E-state index in [9.17, 15) is 4.39 Å². The van der Waals surface area contributed by atoms with Crippen LogP contribution in [-0.2, 0) is 7.05 Å². The molecule has 17 heavy (non-hydrogen) atoms. The molecule has 2 aromatic rings. The summed E-state index contributed by atoms with van der Waals surface area (Å²) in [6.07, 6.45) is 3.27. The van der Waals surface area contributed by atoms with Crippen LogP contribution < -0.4 is 5.73 Å². The number of imidazole rings is 1. The van der Waals surface area contributed by atoms with Crippen LogP contribution in [0.3, 0.4) is 0 Å². The lowest BCUT2D eigenvalue weighted by molar-refractivity contribution is 0.618. The Labute approximate surface area is 98.1 Å². The summed E-state index contributed by atoms with van der Waals surface area (Å²) in [6, 6.07) is 5.69. The van der Waals surface area contributed by atoms with Gasteiger partial charge >= 0.3 is 0 Å². The molecule has 1 atom stereocenters. The van der Waals surface area contributed by atoms with Crippen LogP contribution in [0.4, 0.5) is 4.39 Å². The first-order valence-corrected chi connectivity index (χ1v) is 5.05. The summed E-state index contributed by atoms with van der Waals surface area (Å²) in [5, 5.41) is 8.64. The molecular formula is C12H11FN4. The molecule has 0 aliphatic rings. The zero-order valence-corrected chi connectivity index (χ0v) is 9.26. The largest absolute Gasteiger partial charge is 0.336 e. The van der Waals surface area contributed by atoms with Crippen molar-refractivity contribution in [3.8, 4) is 6.07 Å². The molecule has 1 aromatic carbocycles. The van der Waals surface area contributed by atoms with E-state index in [4.69, 9.17) is 11.0 Å². The molecule has 5 heteroatoms. The lowest BCUT2D eigenvalue weighted by atomic mass is 10.0. The highest BCUT2D eigenvalue weighted by Crippen LogP contribution is 2.20. The van der Waals surface area contributed by atoms with Gasteiger partial charge in [0.15, 0.2) is 0 Å². The maximum atomic E-state index is 13.5. The van der Waals surface area contributed by atoms with Gasteiger partial charge < -0.3 is 10.3 Å². The van der Waals surface area contributed by atoms with Crippen molar-refractivity contribution < 1.29 is 4.39 Å². The number of hydrogen-bond acceptors (Lipinski definition) is 3. The summed E-state index contributed by atoms with van der Waals surface area (Å²) >= 11 is 0. The summed E-state index contributed by atoms with van der Waals surface area (Å²) < 4.78 is 15.2. The van der Waals surface area contributed by atoms with E-state index >= 15 is 0 Å². The van der Waals surface area contributed by atoms with Crippen molar-refractivity contribution in [2.24, 2.45) is 12.8 Å². The van der Waals surface area contributed by atoms with Gasteiger partial charge in [-0.3, -0.25) is 0 Å². The fourth-order valence-corrected chi connectivity index (χ4v) is 1.65. The van der Waals surface area contributed by atoms with Gasteiger partial charge in [-0.05, 0) is 17.7 Å². The Morgan fingerprint density at radius 2 is 2.29 bits per heavy atom. The van der Waals surface area contributed by atoms with Gasteiger partial charge in [0.25, 0.3) is 0 Å². The molecule has 1 unspecified atom stereocenters. The van der Waals surface area contributed by atoms with E-state index in [2.05, 4.69) is 4.98 Å². The molecule has 0 spiro atoms. The predicted molar refractivity (Wildman–Crippen MR) is 60.4 cm³/mol. The minimum atomic E-state index is -0.553. The molecule has 0 aliphatic heterocycles. The SMILES string of the molecule is Cn1cncc1C(N)c1ccc(C#N)c(F)c1. The van der Waals surface area contributed by atoms with Crippen LogP contribution in [-0.4, -0.2) is 9.55 Å². The lowest BCUT2D eigenvalue weighted by Gasteiger charge is -2.12. The molecule has 0 bridgehead atoms. The number of nitrogens with zero attached hydrogens (tertiary/aromatic N) is 3. The molecule has 1 aromatic heterocycles. The lowest BCUT2D eigenvalue weighted by Crippen LogP contribution is -2.15. The molecule has 0 radical (unpaired) electrons. The smallest absolute Gasteiger partial charge is 0.141 e. The molecule has 0 amide bonds. The topological polar surface area (TPSA) is 67.6 Å². The van der Waals surface area contributed by atoms with Crippen LogP contribution in [0.1, 0.15) is 22.9 Å². The predicted octanol–water partition coefficient (Wildman–Crippen LogP) is 1.48. The Hall–Kier alpha value is -2.19. The van der Waals surface area contributed by atoms with E-state index < -0.39 is 11.9 Å². The van der Waals surface area contributed by atoms with E-state index in [0.29, 0.717) is 5.56 Å². The first-order chi connectivity index (χ1) is 8.13. The Morgan fingerprint density at radius 1 is 1.53 bits per heavy atom. The van der Waals surface area contributed by atoms with Crippen molar-refractivity contribution in [3.63, 3.8) is 0 Å². The van der Waals surface area contributed by atoms with Crippen LogP contribution in [0, 0.1) is 17.1 Å². The zero-order chi connectivity index (χ0) is 12.4. The number of hydrogen-bond donors (Lipinski definition) is 1. The van der Waals surface area contributed by atoms with Gasteiger partial charge in [0.1, 0.15) is 11.9 Å². The van der Waals surface area contributed by atoms with Gasteiger partial charge in [0.2, 0.25) is 0 Å². The highest BCUT2D eigenvalue weighted by atomic mass is 19.1. The van der Waals surface area contributed by atoms with Crippen LogP contribution in [0.25, 0.3) is 0 Å². The van der Waals surface area contributed by atoms with Gasteiger partial charge in [0, 0.05) is 7.05 Å². The number of aryl methyl sites for hydroxylation is 1. The number of halogens is 1. The Morgan fingerprint density at radius 3 is 2.82 bits per heavy atom. The van der Waals surface area contributed by atoms with E-state index in [1.807, 2.05) is 7.05 Å². The number of nitriles is 1. The third kappa shape index (κ3) is 2.03. The van der Waals surface area contributed by atoms with Crippen molar-refractivity contribution in [1.82, 2.24) is 9.55 Å². The monoisotopic (exact) mass is 230 g/mol. The first kappa shape index (κ1) is 11.3. The highest BCUT2D eigenvalue weighted by molar-refractivity contribution is 5.36. The Bertz CT molecular complexity index is 582. The number of aromatic nitrogens is 2. The molecule has 0 fully saturated rings. The molecular weight excluding hydrogens is 219 g/mol. The standard InChI is InChI=1S/C12H11FN4/c1-17-7-16-6-11(17)12(15)8-2-3-9(5-14)10(13)4-8/h2-4,6-7,12H,15H2,1H3. The maximum absolute atomic E-state index is 13.5. The molecule has 0 saturated carbocycles. The second kappa shape index (κ2) is 4.36. The second-order valence-corrected chi connectivity index (χ2v) is 3.76. The van der Waals surface area contributed by atoms with Crippen molar-refractivity contribution in [2.45, 2.75) is 6.04 Å². The summed E-state index contributed by atoms with van der Waals surface area (Å²) in [4.78, 5) is 3.96. The Kier molecular flexibility index (Phi) is 2.90. The number of benzene rings is 1. The van der Waals surface area contributed by atoms with E-state index in [-0.39, 0.29) is 5.56 Å². The third-order valence-corrected chi connectivity index (χ3v) is 2.65. The van der Waals surface area contributed by atoms with Crippen molar-refractivity contribution in [1.29, 1.82) is 5.26 Å². The van der Waals surface area contributed by atoms with Crippen molar-refractivity contribution in [3.05, 3.63) is 53.4 Å². The highest BCUT2D eigenvalue weighted by Gasteiger charge is 2.14. The molecule has 4 nitrogen and oxygen atoms in total. The van der Waals surface area contributed by atoms with Crippen LogP contribution >= 0.6 is 0 Å². The Balaban J connectivity index is 2.39. The van der Waals surface area contributed by atoms with Crippen LogP contribution in [0.2, 0.25) is 0 Å². The molecule has 86 valence electrons.